The highest BCUT2D eigenvalue weighted by Crippen LogP contribution is 2.21. The summed E-state index contributed by atoms with van der Waals surface area (Å²) in [7, 11) is 0. The molecule has 6 nitrogen and oxygen atoms in total. The fourth-order valence-corrected chi connectivity index (χ4v) is 2.00. The minimum atomic E-state index is -0.374. The van der Waals surface area contributed by atoms with Gasteiger partial charge in [0.05, 0.1) is 10.6 Å². The molecule has 2 aromatic rings. The number of benzene rings is 1. The third-order valence-corrected chi connectivity index (χ3v) is 3.06. The van der Waals surface area contributed by atoms with Crippen molar-refractivity contribution in [2.24, 2.45) is 0 Å². The first-order valence-corrected chi connectivity index (χ1v) is 6.43. The topological polar surface area (TPSA) is 81.0 Å². The van der Waals surface area contributed by atoms with Crippen LogP contribution in [-0.2, 0) is 6.54 Å². The summed E-state index contributed by atoms with van der Waals surface area (Å²) < 4.78 is 0. The van der Waals surface area contributed by atoms with E-state index in [2.05, 4.69) is 15.3 Å². The van der Waals surface area contributed by atoms with E-state index in [4.69, 9.17) is 0 Å². The maximum absolute atomic E-state index is 10.8. The Morgan fingerprint density at radius 3 is 2.90 bits per heavy atom. The molecule has 1 aromatic heterocycles. The number of nitro benzene ring substituents is 1. The second kappa shape index (κ2) is 6.72. The predicted molar refractivity (Wildman–Crippen MR) is 75.0 cm³/mol. The maximum atomic E-state index is 10.8. The Hall–Kier alpha value is -2.34. The highest BCUT2D eigenvalue weighted by molar-refractivity contribution is 5.35. The Morgan fingerprint density at radius 2 is 2.25 bits per heavy atom. The molecule has 0 saturated heterocycles. The van der Waals surface area contributed by atoms with Crippen LogP contribution >= 0.6 is 0 Å². The summed E-state index contributed by atoms with van der Waals surface area (Å²) in [4.78, 5) is 18.4. The van der Waals surface area contributed by atoms with Crippen molar-refractivity contribution in [3.05, 3.63) is 64.2 Å². The molecule has 0 spiro atoms. The lowest BCUT2D eigenvalue weighted by Gasteiger charge is -2.17. The van der Waals surface area contributed by atoms with E-state index < -0.39 is 0 Å². The van der Waals surface area contributed by atoms with E-state index in [1.54, 1.807) is 18.3 Å². The first kappa shape index (κ1) is 14.1. The molecule has 0 aliphatic heterocycles. The molecule has 0 radical (unpaired) electrons. The summed E-state index contributed by atoms with van der Waals surface area (Å²) in [5.74, 6) is 0. The van der Waals surface area contributed by atoms with E-state index in [0.717, 1.165) is 17.7 Å². The molecule has 1 heterocycles. The van der Waals surface area contributed by atoms with Crippen LogP contribution in [0.5, 0.6) is 0 Å². The van der Waals surface area contributed by atoms with Gasteiger partial charge in [0.1, 0.15) is 6.33 Å². The van der Waals surface area contributed by atoms with Crippen LogP contribution in [0.1, 0.15) is 30.6 Å². The first-order valence-electron chi connectivity index (χ1n) is 6.43. The minimum absolute atomic E-state index is 0.0601. The molecule has 1 N–H and O–H groups in total. The average molecular weight is 272 g/mol. The molecule has 1 unspecified atom stereocenters. The van der Waals surface area contributed by atoms with Gasteiger partial charge in [0, 0.05) is 30.9 Å². The van der Waals surface area contributed by atoms with Crippen molar-refractivity contribution in [2.75, 3.05) is 0 Å². The molecule has 0 aliphatic carbocycles. The third-order valence-electron chi connectivity index (χ3n) is 3.06. The second-order valence-corrected chi connectivity index (χ2v) is 4.39. The molecular weight excluding hydrogens is 256 g/mol. The standard InChI is InChI=1S/C14H16N4O2/c1-2-14(16-9-12-6-7-15-10-17-12)11-4-3-5-13(8-11)18(19)20/h3-8,10,14,16H,2,9H2,1H3. The van der Waals surface area contributed by atoms with E-state index in [0.29, 0.717) is 6.54 Å². The Bertz CT molecular complexity index is 574. The molecule has 0 amide bonds. The van der Waals surface area contributed by atoms with Crippen molar-refractivity contribution in [3.63, 3.8) is 0 Å². The zero-order valence-electron chi connectivity index (χ0n) is 11.2. The van der Waals surface area contributed by atoms with Crippen LogP contribution in [0.15, 0.2) is 42.9 Å². The Labute approximate surface area is 117 Å². The van der Waals surface area contributed by atoms with E-state index in [1.807, 2.05) is 19.1 Å². The fraction of sp³-hybridized carbons (Fsp3) is 0.286. The SMILES string of the molecule is CCC(NCc1ccncn1)c1cccc([N+](=O)[O-])c1. The zero-order valence-corrected chi connectivity index (χ0v) is 11.2. The van der Waals surface area contributed by atoms with E-state index >= 15 is 0 Å². The maximum Gasteiger partial charge on any atom is 0.269 e. The summed E-state index contributed by atoms with van der Waals surface area (Å²) in [5, 5.41) is 14.2. The van der Waals surface area contributed by atoms with Gasteiger partial charge >= 0.3 is 0 Å². The van der Waals surface area contributed by atoms with E-state index in [-0.39, 0.29) is 16.7 Å². The van der Waals surface area contributed by atoms with Gasteiger partial charge in [-0.25, -0.2) is 9.97 Å². The number of nitro groups is 1. The van der Waals surface area contributed by atoms with Crippen LogP contribution in [0.4, 0.5) is 5.69 Å². The lowest BCUT2D eigenvalue weighted by molar-refractivity contribution is -0.384. The average Bonchev–Trinajstić information content (AvgIpc) is 2.49. The molecule has 0 aliphatic rings. The van der Waals surface area contributed by atoms with Gasteiger partial charge < -0.3 is 5.32 Å². The Morgan fingerprint density at radius 1 is 1.40 bits per heavy atom. The van der Waals surface area contributed by atoms with E-state index in [1.165, 1.54) is 12.4 Å². The number of hydrogen-bond acceptors (Lipinski definition) is 5. The molecule has 1 aromatic carbocycles. The summed E-state index contributed by atoms with van der Waals surface area (Å²) in [5.41, 5.74) is 1.92. The van der Waals surface area contributed by atoms with Crippen molar-refractivity contribution in [3.8, 4) is 0 Å². The van der Waals surface area contributed by atoms with Crippen LogP contribution in [0.2, 0.25) is 0 Å². The number of aromatic nitrogens is 2. The van der Waals surface area contributed by atoms with Gasteiger partial charge in [0.2, 0.25) is 0 Å². The second-order valence-electron chi connectivity index (χ2n) is 4.39. The van der Waals surface area contributed by atoms with Gasteiger partial charge in [-0.05, 0) is 18.1 Å². The van der Waals surface area contributed by atoms with Gasteiger partial charge in [-0.1, -0.05) is 19.1 Å². The molecule has 0 saturated carbocycles. The zero-order chi connectivity index (χ0) is 14.4. The van der Waals surface area contributed by atoms with E-state index in [9.17, 15) is 10.1 Å². The third kappa shape index (κ3) is 3.58. The highest BCUT2D eigenvalue weighted by Gasteiger charge is 2.13. The number of rotatable bonds is 6. The lowest BCUT2D eigenvalue weighted by atomic mass is 10.0. The monoisotopic (exact) mass is 272 g/mol. The minimum Gasteiger partial charge on any atom is -0.304 e. The Balaban J connectivity index is 2.08. The summed E-state index contributed by atoms with van der Waals surface area (Å²) in [6.07, 6.45) is 4.04. The quantitative estimate of drug-likeness (QED) is 0.645. The predicted octanol–water partition coefficient (Wildman–Crippen LogP) is 2.63. The van der Waals surface area contributed by atoms with Crippen LogP contribution in [-0.4, -0.2) is 14.9 Å². The van der Waals surface area contributed by atoms with Gasteiger partial charge in [-0.15, -0.1) is 0 Å². The number of hydrogen-bond donors (Lipinski definition) is 1. The van der Waals surface area contributed by atoms with Crippen LogP contribution in [0.3, 0.4) is 0 Å². The largest absolute Gasteiger partial charge is 0.304 e. The van der Waals surface area contributed by atoms with Crippen LogP contribution < -0.4 is 5.32 Å². The number of non-ortho nitro benzene ring substituents is 1. The smallest absolute Gasteiger partial charge is 0.269 e. The van der Waals surface area contributed by atoms with Crippen molar-refractivity contribution >= 4 is 5.69 Å². The van der Waals surface area contributed by atoms with Crippen molar-refractivity contribution in [1.82, 2.24) is 15.3 Å². The Kier molecular flexibility index (Phi) is 4.73. The summed E-state index contributed by atoms with van der Waals surface area (Å²) >= 11 is 0. The van der Waals surface area contributed by atoms with Gasteiger partial charge in [0.15, 0.2) is 0 Å². The number of nitrogens with one attached hydrogen (secondary N) is 1. The normalized spacial score (nSPS) is 12.1. The molecule has 2 rings (SSSR count). The molecular formula is C14H16N4O2. The molecule has 6 heteroatoms. The van der Waals surface area contributed by atoms with Gasteiger partial charge in [-0.2, -0.15) is 0 Å². The highest BCUT2D eigenvalue weighted by atomic mass is 16.6. The van der Waals surface area contributed by atoms with Crippen molar-refractivity contribution < 1.29 is 4.92 Å². The van der Waals surface area contributed by atoms with Crippen LogP contribution in [0.25, 0.3) is 0 Å². The summed E-state index contributed by atoms with van der Waals surface area (Å²) in [6.45, 7) is 2.64. The first-order chi connectivity index (χ1) is 9.70. The van der Waals surface area contributed by atoms with Gasteiger partial charge in [-0.3, -0.25) is 10.1 Å². The van der Waals surface area contributed by atoms with Crippen molar-refractivity contribution in [2.45, 2.75) is 25.9 Å². The molecule has 0 bridgehead atoms. The molecule has 1 atom stereocenters. The molecule has 20 heavy (non-hydrogen) atoms. The summed E-state index contributed by atoms with van der Waals surface area (Å²) in [6, 6.07) is 8.62. The van der Waals surface area contributed by atoms with Gasteiger partial charge in [0.25, 0.3) is 5.69 Å². The molecule has 104 valence electrons. The fourth-order valence-electron chi connectivity index (χ4n) is 2.00. The molecule has 0 fully saturated rings. The number of nitrogens with zero attached hydrogens (tertiary/aromatic N) is 3. The van der Waals surface area contributed by atoms with Crippen LogP contribution in [0, 0.1) is 10.1 Å². The lowest BCUT2D eigenvalue weighted by Crippen LogP contribution is -2.20. The van der Waals surface area contributed by atoms with Crippen molar-refractivity contribution in [1.29, 1.82) is 0 Å².